The van der Waals surface area contributed by atoms with E-state index in [-0.39, 0.29) is 0 Å². The molecule has 1 aliphatic rings. The van der Waals surface area contributed by atoms with Crippen LogP contribution in [0.4, 0.5) is 0 Å². The predicted molar refractivity (Wildman–Crippen MR) is 157 cm³/mol. The van der Waals surface area contributed by atoms with Crippen LogP contribution in [0.3, 0.4) is 0 Å². The molecule has 0 aromatic rings. The van der Waals surface area contributed by atoms with Crippen LogP contribution in [-0.4, -0.2) is 206 Å². The van der Waals surface area contributed by atoms with Crippen LogP contribution in [0.15, 0.2) is 0 Å². The maximum absolute atomic E-state index is 5.82. The van der Waals surface area contributed by atoms with Gasteiger partial charge in [-0.1, -0.05) is 0 Å². The van der Waals surface area contributed by atoms with Gasteiger partial charge in [-0.2, -0.15) is 0 Å². The molecule has 0 saturated carbocycles. The molecule has 0 aliphatic carbocycles. The molecule has 0 aromatic carbocycles. The second-order valence-electron chi connectivity index (χ2n) is 10.2. The van der Waals surface area contributed by atoms with Crippen LogP contribution >= 0.6 is 0 Å². The molecule has 0 radical (unpaired) electrons. The Bertz CT molecular complexity index is 459. The van der Waals surface area contributed by atoms with Gasteiger partial charge in [-0.3, -0.25) is 9.80 Å². The molecule has 0 spiro atoms. The fourth-order valence-electron chi connectivity index (χ4n) is 3.61. The quantitative estimate of drug-likeness (QED) is 0.202. The van der Waals surface area contributed by atoms with E-state index in [0.29, 0.717) is 92.5 Å². The fourth-order valence-corrected chi connectivity index (χ4v) is 3.61. The monoisotopic (exact) mass is 580 g/mol. The zero-order valence-corrected chi connectivity index (χ0v) is 26.0. The zero-order chi connectivity index (χ0) is 28.9. The van der Waals surface area contributed by atoms with Crippen molar-refractivity contribution in [2.45, 2.75) is 0 Å². The van der Waals surface area contributed by atoms with E-state index in [4.69, 9.17) is 37.9 Å². The van der Waals surface area contributed by atoms with E-state index in [0.717, 1.165) is 65.6 Å². The highest BCUT2D eigenvalue weighted by molar-refractivity contribution is 4.59. The Hall–Kier alpha value is -0.480. The molecule has 0 amide bonds. The fraction of sp³-hybridized carbons (Fsp3) is 1.00. The summed E-state index contributed by atoms with van der Waals surface area (Å²) in [7, 11) is 8.16. The van der Waals surface area contributed by atoms with Crippen molar-refractivity contribution in [3.8, 4) is 0 Å². The topological polar surface area (TPSA) is 86.8 Å². The van der Waals surface area contributed by atoms with Gasteiger partial charge in [0.05, 0.1) is 106 Å². The molecule has 12 heteroatoms. The van der Waals surface area contributed by atoms with Crippen LogP contribution in [-0.2, 0) is 37.9 Å². The van der Waals surface area contributed by atoms with Gasteiger partial charge in [-0.15, -0.1) is 0 Å². The SMILES string of the molecule is CN(C)CCOCCOCCN1CCOCCOCCN(CCOCCOCCN(C)C)CCOCCOCC1. The largest absolute Gasteiger partial charge is 0.378 e. The number of likely N-dealkylation sites (N-methyl/N-ethyl adjacent to an activating group) is 2. The Morgan fingerprint density at radius 1 is 0.425 bits per heavy atom. The third kappa shape index (κ3) is 26.4. The van der Waals surface area contributed by atoms with Crippen LogP contribution in [0.2, 0.25) is 0 Å². The Labute approximate surface area is 244 Å². The van der Waals surface area contributed by atoms with Crippen LogP contribution < -0.4 is 0 Å². The standard InChI is InChI=1S/C28H60N4O8/c1-29(2)5-13-33-21-23-35-15-7-31-9-17-37-25-27-39-19-11-32(12-20-40-28-26-38-18-10-31)8-16-36-24-22-34-14-6-30(3)4/h5-28H2,1-4H3. The molecule has 12 nitrogen and oxygen atoms in total. The average molecular weight is 581 g/mol. The molecule has 1 fully saturated rings. The highest BCUT2D eigenvalue weighted by atomic mass is 16.5. The summed E-state index contributed by atoms with van der Waals surface area (Å²) in [6.07, 6.45) is 0. The molecule has 0 bridgehead atoms. The van der Waals surface area contributed by atoms with Crippen molar-refractivity contribution >= 4 is 0 Å². The van der Waals surface area contributed by atoms with E-state index in [1.54, 1.807) is 0 Å². The van der Waals surface area contributed by atoms with Crippen molar-refractivity contribution in [1.82, 2.24) is 19.6 Å². The number of nitrogens with zero attached hydrogens (tertiary/aromatic N) is 4. The molecule has 1 rings (SSSR count). The first kappa shape index (κ1) is 37.5. The van der Waals surface area contributed by atoms with Gasteiger partial charge < -0.3 is 47.7 Å². The summed E-state index contributed by atoms with van der Waals surface area (Å²) < 4.78 is 45.9. The lowest BCUT2D eigenvalue weighted by Gasteiger charge is -2.23. The summed E-state index contributed by atoms with van der Waals surface area (Å²) in [5.41, 5.74) is 0. The highest BCUT2D eigenvalue weighted by Crippen LogP contribution is 1.95. The lowest BCUT2D eigenvalue weighted by molar-refractivity contribution is -0.00425. The van der Waals surface area contributed by atoms with Crippen LogP contribution in [0, 0.1) is 0 Å². The molecule has 0 aromatic heterocycles. The van der Waals surface area contributed by atoms with Gasteiger partial charge in [0, 0.05) is 52.4 Å². The van der Waals surface area contributed by atoms with Crippen molar-refractivity contribution in [3.63, 3.8) is 0 Å². The summed E-state index contributed by atoms with van der Waals surface area (Å²) in [6.45, 7) is 17.1. The van der Waals surface area contributed by atoms with Crippen LogP contribution in [0.1, 0.15) is 0 Å². The van der Waals surface area contributed by atoms with Gasteiger partial charge in [0.25, 0.3) is 0 Å². The Balaban J connectivity index is 2.20. The number of hydrogen-bond acceptors (Lipinski definition) is 12. The van der Waals surface area contributed by atoms with Gasteiger partial charge in [-0.05, 0) is 28.2 Å². The van der Waals surface area contributed by atoms with E-state index in [2.05, 4.69) is 19.6 Å². The van der Waals surface area contributed by atoms with Crippen molar-refractivity contribution in [3.05, 3.63) is 0 Å². The summed E-state index contributed by atoms with van der Waals surface area (Å²) in [6, 6.07) is 0. The second-order valence-corrected chi connectivity index (χ2v) is 10.2. The van der Waals surface area contributed by atoms with E-state index in [1.165, 1.54) is 0 Å². The van der Waals surface area contributed by atoms with Gasteiger partial charge in [0.15, 0.2) is 0 Å². The summed E-state index contributed by atoms with van der Waals surface area (Å²) in [5, 5.41) is 0. The smallest absolute Gasteiger partial charge is 0.0701 e. The van der Waals surface area contributed by atoms with Crippen LogP contribution in [0.5, 0.6) is 0 Å². The Morgan fingerprint density at radius 3 is 1.02 bits per heavy atom. The molecular weight excluding hydrogens is 520 g/mol. The van der Waals surface area contributed by atoms with Crippen molar-refractivity contribution in [1.29, 1.82) is 0 Å². The molecule has 1 saturated heterocycles. The first-order chi connectivity index (χ1) is 19.6. The van der Waals surface area contributed by atoms with E-state index in [1.807, 2.05) is 28.2 Å². The average Bonchev–Trinajstić information content (AvgIpc) is 2.92. The Morgan fingerprint density at radius 2 is 0.725 bits per heavy atom. The van der Waals surface area contributed by atoms with Crippen molar-refractivity contribution < 1.29 is 37.9 Å². The third-order valence-corrected chi connectivity index (χ3v) is 6.16. The van der Waals surface area contributed by atoms with Crippen molar-refractivity contribution in [2.75, 3.05) is 186 Å². The summed E-state index contributed by atoms with van der Waals surface area (Å²) in [4.78, 5) is 8.84. The molecule has 0 N–H and O–H groups in total. The first-order valence-electron chi connectivity index (χ1n) is 14.9. The minimum atomic E-state index is 0.588. The minimum Gasteiger partial charge on any atom is -0.378 e. The maximum atomic E-state index is 5.82. The Kier molecular flexibility index (Phi) is 26.9. The summed E-state index contributed by atoms with van der Waals surface area (Å²) in [5.74, 6) is 0. The molecule has 40 heavy (non-hydrogen) atoms. The molecule has 1 heterocycles. The zero-order valence-electron chi connectivity index (χ0n) is 26.0. The molecule has 0 unspecified atom stereocenters. The van der Waals surface area contributed by atoms with Gasteiger partial charge in [-0.25, -0.2) is 0 Å². The number of hydrogen-bond donors (Lipinski definition) is 0. The van der Waals surface area contributed by atoms with E-state index in [9.17, 15) is 0 Å². The first-order valence-corrected chi connectivity index (χ1v) is 14.9. The second kappa shape index (κ2) is 28.6. The van der Waals surface area contributed by atoms with Gasteiger partial charge >= 0.3 is 0 Å². The summed E-state index contributed by atoms with van der Waals surface area (Å²) >= 11 is 0. The molecule has 240 valence electrons. The normalized spacial score (nSPS) is 18.8. The number of ether oxygens (including phenoxy) is 8. The molecule has 1 aliphatic heterocycles. The predicted octanol–water partition coefficient (Wildman–Crippen LogP) is -0.140. The van der Waals surface area contributed by atoms with E-state index >= 15 is 0 Å². The van der Waals surface area contributed by atoms with E-state index < -0.39 is 0 Å². The minimum absolute atomic E-state index is 0.588. The lowest BCUT2D eigenvalue weighted by Crippen LogP contribution is -2.35. The van der Waals surface area contributed by atoms with Gasteiger partial charge in [0.1, 0.15) is 0 Å². The molecule has 0 atom stereocenters. The highest BCUT2D eigenvalue weighted by Gasteiger charge is 2.08. The van der Waals surface area contributed by atoms with Crippen molar-refractivity contribution in [2.24, 2.45) is 0 Å². The van der Waals surface area contributed by atoms with Gasteiger partial charge in [0.2, 0.25) is 0 Å². The maximum Gasteiger partial charge on any atom is 0.0701 e. The third-order valence-electron chi connectivity index (χ3n) is 6.16. The van der Waals surface area contributed by atoms with Crippen LogP contribution in [0.25, 0.3) is 0 Å². The lowest BCUT2D eigenvalue weighted by atomic mass is 10.4. The molecular formula is C28H60N4O8. The number of rotatable bonds is 18.